The smallest absolute Gasteiger partial charge is 0.129 e. The van der Waals surface area contributed by atoms with Crippen molar-refractivity contribution >= 4 is 0 Å². The second-order valence-corrected chi connectivity index (χ2v) is 4.66. The van der Waals surface area contributed by atoms with Crippen LogP contribution in [-0.2, 0) is 0 Å². The first-order valence-electron chi connectivity index (χ1n) is 6.91. The molecule has 0 aromatic heterocycles. The molecule has 0 aliphatic rings. The Labute approximate surface area is 130 Å². The van der Waals surface area contributed by atoms with Crippen molar-refractivity contribution in [1.29, 1.82) is 0 Å². The first kappa shape index (κ1) is 17.1. The molecule has 0 spiro atoms. The van der Waals surface area contributed by atoms with Gasteiger partial charge in [0.05, 0.1) is 0 Å². The van der Waals surface area contributed by atoms with Crippen molar-refractivity contribution in [2.45, 2.75) is 0 Å². The summed E-state index contributed by atoms with van der Waals surface area (Å²) in [6, 6.07) is 5.88. The molecule has 2 aromatic rings. The number of hydrogen-bond donors (Lipinski definition) is 1. The van der Waals surface area contributed by atoms with Gasteiger partial charge in [-0.2, -0.15) is 0 Å². The lowest BCUT2D eigenvalue weighted by Gasteiger charge is -2.09. The van der Waals surface area contributed by atoms with Crippen LogP contribution in [0.4, 0.5) is 17.6 Å². The SMILES string of the molecule is Fc1cc(F)cc(OCCNCCOc2cc(F)cc(F)c2)c1. The Kier molecular flexibility index (Phi) is 6.22. The summed E-state index contributed by atoms with van der Waals surface area (Å²) in [6.45, 7) is 1.24. The molecule has 2 aromatic carbocycles. The maximum absolute atomic E-state index is 12.9. The zero-order valence-corrected chi connectivity index (χ0v) is 12.1. The van der Waals surface area contributed by atoms with E-state index in [4.69, 9.17) is 9.47 Å². The Balaban J connectivity index is 1.60. The monoisotopic (exact) mass is 329 g/mol. The predicted octanol–water partition coefficient (Wildman–Crippen LogP) is 3.29. The van der Waals surface area contributed by atoms with Crippen LogP contribution in [0.2, 0.25) is 0 Å². The van der Waals surface area contributed by atoms with Gasteiger partial charge in [-0.25, -0.2) is 17.6 Å². The molecule has 0 bridgehead atoms. The van der Waals surface area contributed by atoms with E-state index in [0.29, 0.717) is 13.1 Å². The van der Waals surface area contributed by atoms with Crippen molar-refractivity contribution in [2.24, 2.45) is 0 Å². The number of halogens is 4. The fourth-order valence-corrected chi connectivity index (χ4v) is 1.83. The molecule has 7 heteroatoms. The molecule has 23 heavy (non-hydrogen) atoms. The minimum atomic E-state index is -0.705. The summed E-state index contributed by atoms with van der Waals surface area (Å²) in [4.78, 5) is 0. The molecule has 0 atom stereocenters. The van der Waals surface area contributed by atoms with Gasteiger partial charge >= 0.3 is 0 Å². The van der Waals surface area contributed by atoms with Gasteiger partial charge in [0.25, 0.3) is 0 Å². The Hall–Kier alpha value is -2.28. The summed E-state index contributed by atoms with van der Waals surface area (Å²) in [5.74, 6) is -2.61. The summed E-state index contributed by atoms with van der Waals surface area (Å²) in [5.41, 5.74) is 0. The maximum atomic E-state index is 12.9. The Morgan fingerprint density at radius 3 is 1.30 bits per heavy atom. The highest BCUT2D eigenvalue weighted by atomic mass is 19.1. The maximum Gasteiger partial charge on any atom is 0.129 e. The summed E-state index contributed by atoms with van der Waals surface area (Å²) >= 11 is 0. The van der Waals surface area contributed by atoms with E-state index in [9.17, 15) is 17.6 Å². The van der Waals surface area contributed by atoms with E-state index in [1.807, 2.05) is 0 Å². The summed E-state index contributed by atoms with van der Waals surface area (Å²) < 4.78 is 62.0. The lowest BCUT2D eigenvalue weighted by Crippen LogP contribution is -2.25. The minimum Gasteiger partial charge on any atom is -0.492 e. The Morgan fingerprint density at radius 1 is 0.609 bits per heavy atom. The molecule has 124 valence electrons. The molecular formula is C16H15F4NO2. The van der Waals surface area contributed by atoms with Crippen molar-refractivity contribution in [3.8, 4) is 11.5 Å². The second kappa shape index (κ2) is 8.38. The molecule has 1 N–H and O–H groups in total. The van der Waals surface area contributed by atoms with E-state index in [1.165, 1.54) is 0 Å². The summed E-state index contributed by atoms with van der Waals surface area (Å²) in [6.07, 6.45) is 0. The first-order valence-corrected chi connectivity index (χ1v) is 6.91. The van der Waals surface area contributed by atoms with Gasteiger partial charge in [0, 0.05) is 49.5 Å². The quantitative estimate of drug-likeness (QED) is 0.595. The van der Waals surface area contributed by atoms with Crippen LogP contribution in [0.25, 0.3) is 0 Å². The largest absolute Gasteiger partial charge is 0.492 e. The van der Waals surface area contributed by atoms with Crippen LogP contribution in [0.15, 0.2) is 36.4 Å². The highest BCUT2D eigenvalue weighted by Crippen LogP contribution is 2.15. The van der Waals surface area contributed by atoms with Crippen molar-refractivity contribution in [2.75, 3.05) is 26.3 Å². The highest BCUT2D eigenvalue weighted by molar-refractivity contribution is 5.24. The summed E-state index contributed by atoms with van der Waals surface area (Å²) in [5, 5.41) is 2.96. The molecule has 0 unspecified atom stereocenters. The van der Waals surface area contributed by atoms with Gasteiger partial charge in [0.2, 0.25) is 0 Å². The normalized spacial score (nSPS) is 10.6. The van der Waals surface area contributed by atoms with Crippen LogP contribution in [0.3, 0.4) is 0 Å². The summed E-state index contributed by atoms with van der Waals surface area (Å²) in [7, 11) is 0. The minimum absolute atomic E-state index is 0.107. The molecule has 0 aliphatic carbocycles. The molecule has 3 nitrogen and oxygen atoms in total. The first-order chi connectivity index (χ1) is 11.0. The second-order valence-electron chi connectivity index (χ2n) is 4.66. The van der Waals surface area contributed by atoms with E-state index < -0.39 is 23.3 Å². The molecule has 0 amide bonds. The van der Waals surface area contributed by atoms with Gasteiger partial charge in [-0.05, 0) is 0 Å². The third-order valence-corrected chi connectivity index (χ3v) is 2.77. The van der Waals surface area contributed by atoms with Crippen molar-refractivity contribution in [3.05, 3.63) is 59.7 Å². The molecule has 0 saturated heterocycles. The Morgan fingerprint density at radius 2 is 0.957 bits per heavy atom. The van der Waals surface area contributed by atoms with Gasteiger partial charge in [-0.15, -0.1) is 0 Å². The van der Waals surface area contributed by atoms with Crippen LogP contribution in [-0.4, -0.2) is 26.3 Å². The van der Waals surface area contributed by atoms with Gasteiger partial charge in [0.15, 0.2) is 0 Å². The predicted molar refractivity (Wildman–Crippen MR) is 76.6 cm³/mol. The van der Waals surface area contributed by atoms with Crippen LogP contribution >= 0.6 is 0 Å². The highest BCUT2D eigenvalue weighted by Gasteiger charge is 2.02. The fourth-order valence-electron chi connectivity index (χ4n) is 1.83. The number of ether oxygens (including phenoxy) is 2. The van der Waals surface area contributed by atoms with Crippen LogP contribution < -0.4 is 14.8 Å². The zero-order chi connectivity index (χ0) is 16.7. The number of hydrogen-bond acceptors (Lipinski definition) is 3. The molecule has 2 rings (SSSR count). The number of benzene rings is 2. The lowest BCUT2D eigenvalue weighted by atomic mass is 10.3. The fraction of sp³-hybridized carbons (Fsp3) is 0.250. The van der Waals surface area contributed by atoms with Crippen molar-refractivity contribution in [1.82, 2.24) is 5.32 Å². The van der Waals surface area contributed by atoms with Gasteiger partial charge in [-0.1, -0.05) is 0 Å². The standard InChI is InChI=1S/C16H15F4NO2/c17-11-5-12(18)8-15(7-11)22-3-1-21-2-4-23-16-9-13(19)6-14(20)10-16/h5-10,21H,1-4H2. The molecule has 0 fully saturated rings. The van der Waals surface area contributed by atoms with Gasteiger partial charge in [0.1, 0.15) is 48.0 Å². The third-order valence-electron chi connectivity index (χ3n) is 2.77. The molecule has 0 heterocycles. The molecule has 0 aliphatic heterocycles. The average molecular weight is 329 g/mol. The zero-order valence-electron chi connectivity index (χ0n) is 12.1. The average Bonchev–Trinajstić information content (AvgIpc) is 2.44. The van der Waals surface area contributed by atoms with E-state index >= 15 is 0 Å². The number of rotatable bonds is 8. The van der Waals surface area contributed by atoms with Gasteiger partial charge in [-0.3, -0.25) is 0 Å². The number of nitrogens with one attached hydrogen (secondary N) is 1. The molecular weight excluding hydrogens is 314 g/mol. The van der Waals surface area contributed by atoms with E-state index in [0.717, 1.165) is 36.4 Å². The molecule has 0 saturated carbocycles. The van der Waals surface area contributed by atoms with Crippen molar-refractivity contribution < 1.29 is 27.0 Å². The lowest BCUT2D eigenvalue weighted by molar-refractivity contribution is 0.286. The van der Waals surface area contributed by atoms with Crippen LogP contribution in [0, 0.1) is 23.3 Å². The van der Waals surface area contributed by atoms with Gasteiger partial charge < -0.3 is 14.8 Å². The van der Waals surface area contributed by atoms with Crippen LogP contribution in [0.5, 0.6) is 11.5 Å². The molecule has 0 radical (unpaired) electrons. The third kappa shape index (κ3) is 6.15. The van der Waals surface area contributed by atoms with E-state index in [1.54, 1.807) is 0 Å². The van der Waals surface area contributed by atoms with Crippen molar-refractivity contribution in [3.63, 3.8) is 0 Å². The van der Waals surface area contributed by atoms with E-state index in [-0.39, 0.29) is 24.7 Å². The van der Waals surface area contributed by atoms with Crippen LogP contribution in [0.1, 0.15) is 0 Å². The topological polar surface area (TPSA) is 30.5 Å². The Bertz CT molecular complexity index is 556. The van der Waals surface area contributed by atoms with E-state index in [2.05, 4.69) is 5.32 Å².